The standard InChI is InChI=1S/C12H23NO6/c1-3-7(4-2)12(17)19-13-10-5-8(15)11(16)9(6-14)18-10/h7-11,13-16H,3-6H2,1-2H3. The zero-order valence-corrected chi connectivity index (χ0v) is 11.3. The number of aliphatic hydroxyl groups is 3. The van der Waals surface area contributed by atoms with E-state index in [0.29, 0.717) is 12.8 Å². The molecule has 0 spiro atoms. The molecule has 1 rings (SSSR count). The molecule has 1 aliphatic heterocycles. The van der Waals surface area contributed by atoms with Crippen LogP contribution in [0, 0.1) is 5.92 Å². The lowest BCUT2D eigenvalue weighted by Gasteiger charge is -2.36. The van der Waals surface area contributed by atoms with Crippen molar-refractivity contribution in [3.05, 3.63) is 0 Å². The van der Waals surface area contributed by atoms with E-state index in [1.165, 1.54) is 0 Å². The van der Waals surface area contributed by atoms with Gasteiger partial charge in [0.05, 0.1) is 18.6 Å². The summed E-state index contributed by atoms with van der Waals surface area (Å²) in [5.41, 5.74) is 2.43. The van der Waals surface area contributed by atoms with Crippen LogP contribution in [-0.2, 0) is 14.4 Å². The van der Waals surface area contributed by atoms with Crippen molar-refractivity contribution in [2.24, 2.45) is 5.92 Å². The smallest absolute Gasteiger partial charge is 0.327 e. The molecule has 0 bridgehead atoms. The maximum atomic E-state index is 11.6. The Morgan fingerprint density at radius 2 is 2.05 bits per heavy atom. The third-order valence-corrected chi connectivity index (χ3v) is 3.36. The molecule has 112 valence electrons. The molecule has 0 amide bonds. The number of hydroxylamine groups is 1. The number of rotatable bonds is 6. The number of ether oxygens (including phenoxy) is 1. The van der Waals surface area contributed by atoms with Gasteiger partial charge >= 0.3 is 5.97 Å². The van der Waals surface area contributed by atoms with Crippen molar-refractivity contribution >= 4 is 5.97 Å². The quantitative estimate of drug-likeness (QED) is 0.475. The molecular formula is C12H23NO6. The van der Waals surface area contributed by atoms with Crippen LogP contribution in [0.1, 0.15) is 33.1 Å². The van der Waals surface area contributed by atoms with Crippen LogP contribution in [-0.4, -0.2) is 52.4 Å². The first kappa shape index (κ1) is 16.3. The van der Waals surface area contributed by atoms with Crippen LogP contribution in [0.4, 0.5) is 0 Å². The van der Waals surface area contributed by atoms with Gasteiger partial charge in [-0.15, -0.1) is 5.48 Å². The molecule has 0 saturated carbocycles. The lowest BCUT2D eigenvalue weighted by atomic mass is 10.0. The summed E-state index contributed by atoms with van der Waals surface area (Å²) in [6, 6.07) is 0. The van der Waals surface area contributed by atoms with Gasteiger partial charge in [-0.3, -0.25) is 4.79 Å². The number of hydrogen-bond acceptors (Lipinski definition) is 7. The number of carbonyl (C=O) groups is 1. The Hall–Kier alpha value is -0.730. The second kappa shape index (κ2) is 7.76. The third kappa shape index (κ3) is 4.39. The van der Waals surface area contributed by atoms with Crippen LogP contribution in [0.5, 0.6) is 0 Å². The zero-order chi connectivity index (χ0) is 14.4. The second-order valence-electron chi connectivity index (χ2n) is 4.69. The largest absolute Gasteiger partial charge is 0.394 e. The summed E-state index contributed by atoms with van der Waals surface area (Å²) >= 11 is 0. The summed E-state index contributed by atoms with van der Waals surface area (Å²) in [5, 5.41) is 28.1. The molecule has 0 aromatic carbocycles. The molecule has 4 N–H and O–H groups in total. The Bertz CT molecular complexity index is 283. The monoisotopic (exact) mass is 277 g/mol. The predicted octanol–water partition coefficient (Wildman–Crippen LogP) is -0.700. The first-order chi connectivity index (χ1) is 9.03. The van der Waals surface area contributed by atoms with Crippen molar-refractivity contribution in [2.45, 2.75) is 57.6 Å². The van der Waals surface area contributed by atoms with Crippen molar-refractivity contribution < 1.29 is 29.7 Å². The van der Waals surface area contributed by atoms with Gasteiger partial charge in [-0.1, -0.05) is 13.8 Å². The third-order valence-electron chi connectivity index (χ3n) is 3.36. The summed E-state index contributed by atoms with van der Waals surface area (Å²) in [6.45, 7) is 3.37. The maximum Gasteiger partial charge on any atom is 0.327 e. The SMILES string of the molecule is CCC(CC)C(=O)ONC1CC(O)C(O)C(CO)O1. The van der Waals surface area contributed by atoms with E-state index in [2.05, 4.69) is 5.48 Å². The Kier molecular flexibility index (Phi) is 6.67. The van der Waals surface area contributed by atoms with Crippen molar-refractivity contribution in [1.82, 2.24) is 5.48 Å². The average molecular weight is 277 g/mol. The molecule has 0 aromatic rings. The minimum atomic E-state index is -1.14. The van der Waals surface area contributed by atoms with Gasteiger partial charge in [0, 0.05) is 6.42 Å². The van der Waals surface area contributed by atoms with Crippen LogP contribution in [0.2, 0.25) is 0 Å². The molecule has 19 heavy (non-hydrogen) atoms. The number of aliphatic hydroxyl groups excluding tert-OH is 3. The first-order valence-corrected chi connectivity index (χ1v) is 6.62. The maximum absolute atomic E-state index is 11.6. The highest BCUT2D eigenvalue weighted by Gasteiger charge is 2.37. The topological polar surface area (TPSA) is 108 Å². The predicted molar refractivity (Wildman–Crippen MR) is 65.7 cm³/mol. The van der Waals surface area contributed by atoms with Crippen molar-refractivity contribution in [1.29, 1.82) is 0 Å². The van der Waals surface area contributed by atoms with E-state index < -0.39 is 31.1 Å². The minimum Gasteiger partial charge on any atom is -0.394 e. The van der Waals surface area contributed by atoms with E-state index in [1.54, 1.807) is 0 Å². The summed E-state index contributed by atoms with van der Waals surface area (Å²) in [4.78, 5) is 16.6. The van der Waals surface area contributed by atoms with Gasteiger partial charge in [0.1, 0.15) is 18.4 Å². The number of hydrogen-bond donors (Lipinski definition) is 4. The van der Waals surface area contributed by atoms with Gasteiger partial charge in [-0.2, -0.15) is 0 Å². The average Bonchev–Trinajstić information content (AvgIpc) is 2.41. The van der Waals surface area contributed by atoms with Crippen LogP contribution in [0.25, 0.3) is 0 Å². The van der Waals surface area contributed by atoms with Gasteiger partial charge in [-0.05, 0) is 12.8 Å². The Morgan fingerprint density at radius 3 is 2.58 bits per heavy atom. The van der Waals surface area contributed by atoms with E-state index >= 15 is 0 Å². The van der Waals surface area contributed by atoms with E-state index in [-0.39, 0.29) is 18.3 Å². The van der Waals surface area contributed by atoms with E-state index in [1.807, 2.05) is 13.8 Å². The van der Waals surface area contributed by atoms with Crippen molar-refractivity contribution in [3.8, 4) is 0 Å². The number of nitrogens with one attached hydrogen (secondary N) is 1. The lowest BCUT2D eigenvalue weighted by Crippen LogP contribution is -2.54. The summed E-state index contributed by atoms with van der Waals surface area (Å²) < 4.78 is 5.27. The van der Waals surface area contributed by atoms with E-state index in [9.17, 15) is 15.0 Å². The molecule has 7 nitrogen and oxygen atoms in total. The minimum absolute atomic E-state index is 0.0772. The highest BCUT2D eigenvalue weighted by Crippen LogP contribution is 2.19. The Morgan fingerprint density at radius 1 is 1.42 bits per heavy atom. The molecular weight excluding hydrogens is 254 g/mol. The second-order valence-corrected chi connectivity index (χ2v) is 4.69. The Labute approximate surface area is 112 Å². The first-order valence-electron chi connectivity index (χ1n) is 6.62. The fourth-order valence-corrected chi connectivity index (χ4v) is 2.01. The highest BCUT2D eigenvalue weighted by molar-refractivity contribution is 5.71. The van der Waals surface area contributed by atoms with Crippen LogP contribution in [0.3, 0.4) is 0 Å². The molecule has 0 radical (unpaired) electrons. The van der Waals surface area contributed by atoms with E-state index in [4.69, 9.17) is 14.7 Å². The van der Waals surface area contributed by atoms with Gasteiger partial charge in [0.15, 0.2) is 0 Å². The van der Waals surface area contributed by atoms with Gasteiger partial charge in [-0.25, -0.2) is 0 Å². The zero-order valence-electron chi connectivity index (χ0n) is 11.3. The molecule has 1 saturated heterocycles. The molecule has 1 aliphatic rings. The van der Waals surface area contributed by atoms with Crippen molar-refractivity contribution in [2.75, 3.05) is 6.61 Å². The van der Waals surface area contributed by atoms with Gasteiger partial charge < -0.3 is 24.9 Å². The van der Waals surface area contributed by atoms with Gasteiger partial charge in [0.2, 0.25) is 0 Å². The van der Waals surface area contributed by atoms with Crippen LogP contribution < -0.4 is 5.48 Å². The molecule has 0 aromatic heterocycles. The molecule has 0 aliphatic carbocycles. The molecule has 4 atom stereocenters. The molecule has 1 fully saturated rings. The molecule has 7 heteroatoms. The van der Waals surface area contributed by atoms with Crippen molar-refractivity contribution in [3.63, 3.8) is 0 Å². The Balaban J connectivity index is 2.43. The lowest BCUT2D eigenvalue weighted by molar-refractivity contribution is -0.218. The summed E-state index contributed by atoms with van der Waals surface area (Å²) in [7, 11) is 0. The van der Waals surface area contributed by atoms with Gasteiger partial charge in [0.25, 0.3) is 0 Å². The summed E-state index contributed by atoms with van der Waals surface area (Å²) in [6.07, 6.45) is -2.37. The van der Waals surface area contributed by atoms with Crippen LogP contribution >= 0.6 is 0 Å². The van der Waals surface area contributed by atoms with Crippen LogP contribution in [0.15, 0.2) is 0 Å². The highest BCUT2D eigenvalue weighted by atomic mass is 16.7. The fourth-order valence-electron chi connectivity index (χ4n) is 2.01. The fraction of sp³-hybridized carbons (Fsp3) is 0.917. The molecule has 4 unspecified atom stereocenters. The normalized spacial score (nSPS) is 31.5. The summed E-state index contributed by atoms with van der Waals surface area (Å²) in [5.74, 6) is -0.560. The molecule has 1 heterocycles. The van der Waals surface area contributed by atoms with E-state index in [0.717, 1.165) is 0 Å². The number of carbonyl (C=O) groups excluding carboxylic acids is 1.